The molecule has 1 unspecified atom stereocenters. The first-order chi connectivity index (χ1) is 11.3. The van der Waals surface area contributed by atoms with Crippen LogP contribution >= 0.6 is 0 Å². The predicted molar refractivity (Wildman–Crippen MR) is 93.5 cm³/mol. The second-order valence-electron chi connectivity index (χ2n) is 6.60. The van der Waals surface area contributed by atoms with Crippen molar-refractivity contribution in [3.63, 3.8) is 0 Å². The maximum atomic E-state index is 12.4. The Morgan fingerprint density at radius 3 is 2.33 bits per heavy atom. The molecule has 6 nitrogen and oxygen atoms in total. The minimum Gasteiger partial charge on any atom is -0.368 e. The average molecular weight is 349 g/mol. The third-order valence-corrected chi connectivity index (χ3v) is 5.97. The molecule has 1 aromatic rings. The first-order valence-corrected chi connectivity index (χ1v) is 9.93. The summed E-state index contributed by atoms with van der Waals surface area (Å²) in [5.74, 6) is -0.0663. The van der Waals surface area contributed by atoms with Crippen molar-refractivity contribution < 1.29 is 13.2 Å². The summed E-state index contributed by atoms with van der Waals surface area (Å²) in [6, 6.07) is 4.14. The molecule has 0 aromatic carbocycles. The van der Waals surface area contributed by atoms with Gasteiger partial charge in [0.2, 0.25) is 5.91 Å². The van der Waals surface area contributed by atoms with E-state index in [1.807, 2.05) is 18.7 Å². The lowest BCUT2D eigenvalue weighted by atomic mass is 10.1. The minimum absolute atomic E-state index is 0.0449. The van der Waals surface area contributed by atoms with Crippen LogP contribution in [0.3, 0.4) is 0 Å². The Hall–Kier alpha value is -1.89. The number of aryl methyl sites for hydroxylation is 2. The minimum atomic E-state index is -3.09. The summed E-state index contributed by atoms with van der Waals surface area (Å²) < 4.78 is 22.9. The number of hydrogen-bond acceptors (Lipinski definition) is 5. The molecule has 0 radical (unpaired) electrons. The maximum Gasteiger partial charge on any atom is 0.223 e. The van der Waals surface area contributed by atoms with Crippen LogP contribution in [-0.2, 0) is 14.6 Å². The number of pyridine rings is 1. The van der Waals surface area contributed by atoms with Crippen molar-refractivity contribution in [2.75, 3.05) is 36.8 Å². The fraction of sp³-hybridized carbons (Fsp3) is 0.529. The number of amides is 1. The van der Waals surface area contributed by atoms with Crippen LogP contribution in [0, 0.1) is 19.8 Å². The lowest BCUT2D eigenvalue weighted by Gasteiger charge is -2.36. The third kappa shape index (κ3) is 3.95. The van der Waals surface area contributed by atoms with Crippen LogP contribution in [0.15, 0.2) is 23.6 Å². The third-order valence-electron chi connectivity index (χ3n) is 4.51. The molecule has 0 bridgehead atoms. The SMILES string of the molecule is Cc1cc(N2CCN(C(=O)CC3C=CS(=O)(=O)C3)CC2)cc(C)n1. The summed E-state index contributed by atoms with van der Waals surface area (Å²) in [7, 11) is -3.09. The number of sulfone groups is 1. The molecule has 1 fully saturated rings. The van der Waals surface area contributed by atoms with Gasteiger partial charge in [0.1, 0.15) is 0 Å². The molecule has 2 aliphatic rings. The number of aromatic nitrogens is 1. The fourth-order valence-corrected chi connectivity index (χ4v) is 4.73. The number of allylic oxidation sites excluding steroid dienone is 1. The number of nitrogens with zero attached hydrogens (tertiary/aromatic N) is 3. The molecule has 1 aromatic heterocycles. The second kappa shape index (κ2) is 6.55. The van der Waals surface area contributed by atoms with E-state index in [1.54, 1.807) is 6.08 Å². The van der Waals surface area contributed by atoms with Crippen molar-refractivity contribution in [3.05, 3.63) is 35.0 Å². The number of rotatable bonds is 3. The van der Waals surface area contributed by atoms with Gasteiger partial charge in [-0.15, -0.1) is 0 Å². The van der Waals surface area contributed by atoms with E-state index in [1.165, 1.54) is 5.41 Å². The molecule has 0 spiro atoms. The fourth-order valence-electron chi connectivity index (χ4n) is 3.33. The van der Waals surface area contributed by atoms with E-state index in [-0.39, 0.29) is 24.0 Å². The van der Waals surface area contributed by atoms with E-state index < -0.39 is 9.84 Å². The van der Waals surface area contributed by atoms with Crippen LogP contribution in [0.4, 0.5) is 5.69 Å². The van der Waals surface area contributed by atoms with Crippen LogP contribution in [0.25, 0.3) is 0 Å². The molecule has 0 N–H and O–H groups in total. The van der Waals surface area contributed by atoms with Gasteiger partial charge in [0.25, 0.3) is 0 Å². The van der Waals surface area contributed by atoms with Gasteiger partial charge in [-0.2, -0.15) is 0 Å². The highest BCUT2D eigenvalue weighted by Gasteiger charge is 2.27. The number of anilines is 1. The summed E-state index contributed by atoms with van der Waals surface area (Å²) in [6.07, 6.45) is 1.93. The second-order valence-corrected chi connectivity index (χ2v) is 8.53. The molecule has 1 atom stereocenters. The van der Waals surface area contributed by atoms with E-state index in [0.29, 0.717) is 13.1 Å². The number of carbonyl (C=O) groups is 1. The lowest BCUT2D eigenvalue weighted by Crippen LogP contribution is -2.49. The monoisotopic (exact) mass is 349 g/mol. The molecular formula is C17H23N3O3S. The normalized spacial score (nSPS) is 22.8. The maximum absolute atomic E-state index is 12.4. The van der Waals surface area contributed by atoms with Crippen molar-refractivity contribution in [1.29, 1.82) is 0 Å². The highest BCUT2D eigenvalue weighted by molar-refractivity contribution is 7.94. The molecule has 7 heteroatoms. The van der Waals surface area contributed by atoms with Gasteiger partial charge in [-0.25, -0.2) is 8.42 Å². The van der Waals surface area contributed by atoms with E-state index in [9.17, 15) is 13.2 Å². The molecule has 3 rings (SSSR count). The molecule has 24 heavy (non-hydrogen) atoms. The highest BCUT2D eigenvalue weighted by atomic mass is 32.2. The molecule has 1 saturated heterocycles. The summed E-state index contributed by atoms with van der Waals surface area (Å²) in [5.41, 5.74) is 3.15. The van der Waals surface area contributed by atoms with E-state index in [2.05, 4.69) is 22.0 Å². The quantitative estimate of drug-likeness (QED) is 0.822. The predicted octanol–water partition coefficient (Wildman–Crippen LogP) is 1.30. The zero-order chi connectivity index (χ0) is 17.3. The smallest absolute Gasteiger partial charge is 0.223 e. The lowest BCUT2D eigenvalue weighted by molar-refractivity contribution is -0.132. The Bertz CT molecular complexity index is 745. The van der Waals surface area contributed by atoms with Crippen LogP contribution in [0.5, 0.6) is 0 Å². The number of hydrogen-bond donors (Lipinski definition) is 0. The van der Waals surface area contributed by atoms with E-state index in [4.69, 9.17) is 0 Å². The van der Waals surface area contributed by atoms with E-state index >= 15 is 0 Å². The highest BCUT2D eigenvalue weighted by Crippen LogP contribution is 2.21. The van der Waals surface area contributed by atoms with E-state index in [0.717, 1.165) is 30.2 Å². The van der Waals surface area contributed by atoms with Crippen molar-refractivity contribution in [2.24, 2.45) is 5.92 Å². The Labute approximate surface area is 143 Å². The zero-order valence-electron chi connectivity index (χ0n) is 14.1. The Kier molecular flexibility index (Phi) is 4.62. The molecule has 130 valence electrons. The van der Waals surface area contributed by atoms with Gasteiger partial charge in [0.15, 0.2) is 9.84 Å². The van der Waals surface area contributed by atoms with Crippen LogP contribution in [0.2, 0.25) is 0 Å². The van der Waals surface area contributed by atoms with Crippen molar-refractivity contribution in [1.82, 2.24) is 9.88 Å². The van der Waals surface area contributed by atoms with Crippen molar-refractivity contribution in [3.8, 4) is 0 Å². The zero-order valence-corrected chi connectivity index (χ0v) is 14.9. The molecule has 0 saturated carbocycles. The van der Waals surface area contributed by atoms with Gasteiger partial charge >= 0.3 is 0 Å². The first kappa shape index (κ1) is 17.0. The first-order valence-electron chi connectivity index (χ1n) is 8.21. The van der Waals surface area contributed by atoms with Gasteiger partial charge < -0.3 is 9.80 Å². The largest absolute Gasteiger partial charge is 0.368 e. The van der Waals surface area contributed by atoms with Gasteiger partial charge in [-0.05, 0) is 26.0 Å². The van der Waals surface area contributed by atoms with Crippen molar-refractivity contribution >= 4 is 21.4 Å². The van der Waals surface area contributed by atoms with Crippen molar-refractivity contribution in [2.45, 2.75) is 20.3 Å². The topological polar surface area (TPSA) is 70.6 Å². The van der Waals surface area contributed by atoms with Gasteiger partial charge in [0, 0.05) is 61.0 Å². The van der Waals surface area contributed by atoms with Crippen LogP contribution in [0.1, 0.15) is 17.8 Å². The van der Waals surface area contributed by atoms with Crippen LogP contribution < -0.4 is 4.90 Å². The van der Waals surface area contributed by atoms with Gasteiger partial charge in [0.05, 0.1) is 5.75 Å². The van der Waals surface area contributed by atoms with Crippen LogP contribution in [-0.4, -0.2) is 56.1 Å². The molecule has 3 heterocycles. The molecule has 2 aliphatic heterocycles. The summed E-state index contributed by atoms with van der Waals surface area (Å²) in [4.78, 5) is 20.9. The summed E-state index contributed by atoms with van der Waals surface area (Å²) >= 11 is 0. The standard InChI is InChI=1S/C17H23N3O3S/c1-13-9-16(10-14(2)18-13)19-4-6-20(7-5-19)17(21)11-15-3-8-24(22,23)12-15/h3,8-10,15H,4-7,11-12H2,1-2H3. The molecular weight excluding hydrogens is 326 g/mol. The molecule has 1 amide bonds. The number of carbonyl (C=O) groups excluding carboxylic acids is 1. The van der Waals surface area contributed by atoms with Gasteiger partial charge in [-0.3, -0.25) is 9.78 Å². The van der Waals surface area contributed by atoms with Gasteiger partial charge in [-0.1, -0.05) is 6.08 Å². The Morgan fingerprint density at radius 1 is 1.17 bits per heavy atom. The molecule has 0 aliphatic carbocycles. The Balaban J connectivity index is 1.55. The average Bonchev–Trinajstić information content (AvgIpc) is 2.85. The number of piperazine rings is 1. The Morgan fingerprint density at radius 2 is 1.79 bits per heavy atom. The summed E-state index contributed by atoms with van der Waals surface area (Å²) in [6.45, 7) is 6.88. The summed E-state index contributed by atoms with van der Waals surface area (Å²) in [5, 5.41) is 1.23.